The van der Waals surface area contributed by atoms with Crippen LogP contribution in [0.1, 0.15) is 74.5 Å². The van der Waals surface area contributed by atoms with Gasteiger partial charge in [-0.15, -0.1) is 0 Å². The summed E-state index contributed by atoms with van der Waals surface area (Å²) < 4.78 is 7.50. The van der Waals surface area contributed by atoms with E-state index in [1.807, 2.05) is 37.6 Å². The Kier molecular flexibility index (Phi) is 9.67. The van der Waals surface area contributed by atoms with Crippen LogP contribution in [0, 0.1) is 6.92 Å². The maximum atomic E-state index is 13.4. The molecule has 2 amide bonds. The number of carbonyl (C=O) groups excluding carboxylic acids is 2. The van der Waals surface area contributed by atoms with Gasteiger partial charge in [-0.05, 0) is 59.6 Å². The topological polar surface area (TPSA) is 85.3 Å². The summed E-state index contributed by atoms with van der Waals surface area (Å²) in [6, 6.07) is 8.23. The summed E-state index contributed by atoms with van der Waals surface area (Å²) in [6.07, 6.45) is 3.92. The molecule has 0 saturated carbocycles. The van der Waals surface area contributed by atoms with Gasteiger partial charge in [0.1, 0.15) is 31.8 Å². The van der Waals surface area contributed by atoms with Crippen molar-refractivity contribution in [1.82, 2.24) is 20.0 Å². The molecule has 0 unspecified atom stereocenters. The third-order valence-electron chi connectivity index (χ3n) is 8.02. The quantitative estimate of drug-likeness (QED) is 0.440. The van der Waals surface area contributed by atoms with Crippen LogP contribution in [0.15, 0.2) is 30.5 Å². The molecule has 1 aromatic heterocycles. The molecule has 0 bridgehead atoms. The van der Waals surface area contributed by atoms with Crippen LogP contribution in [0.2, 0.25) is 0 Å². The van der Waals surface area contributed by atoms with Gasteiger partial charge in [0.2, 0.25) is 0 Å². The summed E-state index contributed by atoms with van der Waals surface area (Å²) in [5.41, 5.74) is 3.18. The molecule has 2 saturated heterocycles. The van der Waals surface area contributed by atoms with Crippen molar-refractivity contribution in [3.8, 4) is 5.69 Å². The second-order valence-electron chi connectivity index (χ2n) is 12.1. The minimum Gasteiger partial charge on any atom is -0.444 e. The van der Waals surface area contributed by atoms with Gasteiger partial charge >= 0.3 is 6.09 Å². The highest BCUT2D eigenvalue weighted by atomic mass is 16.6. The van der Waals surface area contributed by atoms with Crippen molar-refractivity contribution in [3.63, 3.8) is 0 Å². The molecule has 0 atom stereocenters. The molecule has 9 heteroatoms. The standard InChI is InChI=1S/C30H46N6O3/c1-6-33-18-20-34(21-19-33)15-7-14-31-28(37)26-22-32-36(25-10-8-23(2)9-11-25)27(26)24-12-16-35(17-13-24)29(38)39-30(3,4)5/h8-11,22,24H,6-7,12-21H2,1-5H3,(H,31,37)/p+2. The van der Waals surface area contributed by atoms with Crippen molar-refractivity contribution in [2.75, 3.05) is 58.9 Å². The normalized spacial score (nSPS) is 20.6. The number of nitrogens with zero attached hydrogens (tertiary/aromatic N) is 3. The van der Waals surface area contributed by atoms with Gasteiger partial charge in [0.25, 0.3) is 5.91 Å². The summed E-state index contributed by atoms with van der Waals surface area (Å²) in [4.78, 5) is 31.1. The Hall–Kier alpha value is -2.91. The third kappa shape index (κ3) is 7.82. The van der Waals surface area contributed by atoms with Crippen molar-refractivity contribution in [1.29, 1.82) is 0 Å². The Bertz CT molecular complexity index is 1090. The third-order valence-corrected chi connectivity index (χ3v) is 8.02. The van der Waals surface area contributed by atoms with Gasteiger partial charge in [-0.2, -0.15) is 5.10 Å². The number of rotatable bonds is 8. The molecule has 3 N–H and O–H groups in total. The molecule has 0 aliphatic carbocycles. The van der Waals surface area contributed by atoms with E-state index in [0.717, 1.165) is 37.2 Å². The van der Waals surface area contributed by atoms with E-state index in [9.17, 15) is 9.59 Å². The SMILES string of the molecule is CC[NH+]1CC[NH+](CCCNC(=O)c2cnn(-c3ccc(C)cc3)c2C2CCN(C(=O)OC(C)(C)C)CC2)CC1. The Morgan fingerprint density at radius 3 is 2.31 bits per heavy atom. The lowest BCUT2D eigenvalue weighted by molar-refractivity contribution is -1.01. The number of piperidine rings is 1. The number of ether oxygens (including phenoxy) is 1. The first-order valence-electron chi connectivity index (χ1n) is 14.7. The summed E-state index contributed by atoms with van der Waals surface area (Å²) >= 11 is 0. The molecule has 0 spiro atoms. The molecule has 9 nitrogen and oxygen atoms in total. The Morgan fingerprint density at radius 2 is 1.69 bits per heavy atom. The Labute approximate surface area is 233 Å². The van der Waals surface area contributed by atoms with Crippen molar-refractivity contribution in [3.05, 3.63) is 47.3 Å². The molecule has 2 aliphatic rings. The lowest BCUT2D eigenvalue weighted by Gasteiger charge is -2.34. The van der Waals surface area contributed by atoms with Crippen molar-refractivity contribution < 1.29 is 24.1 Å². The van der Waals surface area contributed by atoms with Gasteiger partial charge in [0.05, 0.1) is 36.2 Å². The van der Waals surface area contributed by atoms with E-state index in [2.05, 4.69) is 36.4 Å². The van der Waals surface area contributed by atoms with E-state index in [4.69, 9.17) is 4.74 Å². The maximum Gasteiger partial charge on any atom is 0.410 e. The average molecular weight is 541 g/mol. The second-order valence-corrected chi connectivity index (χ2v) is 12.1. The van der Waals surface area contributed by atoms with Crippen LogP contribution < -0.4 is 15.1 Å². The average Bonchev–Trinajstić information content (AvgIpc) is 3.36. The zero-order chi connectivity index (χ0) is 28.0. The number of hydrogen-bond donors (Lipinski definition) is 3. The van der Waals surface area contributed by atoms with Gasteiger partial charge in [0, 0.05) is 32.0 Å². The number of likely N-dealkylation sites (tertiary alicyclic amines) is 1. The zero-order valence-corrected chi connectivity index (χ0v) is 24.5. The molecule has 1 aromatic carbocycles. The first-order valence-corrected chi connectivity index (χ1v) is 14.7. The molecule has 0 radical (unpaired) electrons. The van der Waals surface area contributed by atoms with Crippen LogP contribution in [0.4, 0.5) is 4.79 Å². The number of nitrogens with one attached hydrogen (secondary N) is 3. The number of piperazine rings is 1. The molecular formula is C30H48N6O3+2. The van der Waals surface area contributed by atoms with Crippen molar-refractivity contribution >= 4 is 12.0 Å². The lowest BCUT2D eigenvalue weighted by atomic mass is 9.90. The van der Waals surface area contributed by atoms with Crippen LogP contribution in [-0.4, -0.2) is 91.2 Å². The van der Waals surface area contributed by atoms with Crippen molar-refractivity contribution in [2.24, 2.45) is 0 Å². The number of aryl methyl sites for hydroxylation is 1. The maximum absolute atomic E-state index is 13.4. The van der Waals surface area contributed by atoms with E-state index in [1.165, 1.54) is 38.3 Å². The largest absolute Gasteiger partial charge is 0.444 e. The highest BCUT2D eigenvalue weighted by Gasteiger charge is 2.32. The second kappa shape index (κ2) is 13.0. The van der Waals surface area contributed by atoms with Gasteiger partial charge in [-0.1, -0.05) is 17.7 Å². The van der Waals surface area contributed by atoms with E-state index in [-0.39, 0.29) is 17.9 Å². The number of benzene rings is 1. The number of likely N-dealkylation sites (N-methyl/N-ethyl adjacent to an activating group) is 1. The fourth-order valence-corrected chi connectivity index (χ4v) is 5.68. The molecular weight excluding hydrogens is 492 g/mol. The minimum absolute atomic E-state index is 0.0619. The Morgan fingerprint density at radius 1 is 1.05 bits per heavy atom. The Balaban J connectivity index is 1.42. The predicted octanol–water partition coefficient (Wildman–Crippen LogP) is 1.22. The van der Waals surface area contributed by atoms with Gasteiger partial charge < -0.3 is 24.8 Å². The molecule has 39 heavy (non-hydrogen) atoms. The predicted molar refractivity (Wildman–Crippen MR) is 152 cm³/mol. The molecule has 2 aromatic rings. The first kappa shape index (κ1) is 29.1. The monoisotopic (exact) mass is 540 g/mol. The summed E-state index contributed by atoms with van der Waals surface area (Å²) in [6.45, 7) is 19.0. The first-order chi connectivity index (χ1) is 18.6. The van der Waals surface area contributed by atoms with E-state index >= 15 is 0 Å². The van der Waals surface area contributed by atoms with E-state index < -0.39 is 5.60 Å². The van der Waals surface area contributed by atoms with Crippen LogP contribution in [0.5, 0.6) is 0 Å². The molecule has 4 rings (SSSR count). The minimum atomic E-state index is -0.518. The molecule has 3 heterocycles. The zero-order valence-electron chi connectivity index (χ0n) is 24.5. The number of aromatic nitrogens is 2. The van der Waals surface area contributed by atoms with Crippen LogP contribution in [-0.2, 0) is 4.74 Å². The lowest BCUT2D eigenvalue weighted by Crippen LogP contribution is -3.28. The van der Waals surface area contributed by atoms with E-state index in [1.54, 1.807) is 20.9 Å². The summed E-state index contributed by atoms with van der Waals surface area (Å²) in [7, 11) is 0. The fourth-order valence-electron chi connectivity index (χ4n) is 5.68. The summed E-state index contributed by atoms with van der Waals surface area (Å²) in [5.74, 6) is 0.0585. The number of carbonyl (C=O) groups is 2. The molecule has 2 aliphatic heterocycles. The van der Waals surface area contributed by atoms with Gasteiger partial charge in [-0.3, -0.25) is 4.79 Å². The van der Waals surface area contributed by atoms with Crippen LogP contribution in [0.3, 0.4) is 0 Å². The van der Waals surface area contributed by atoms with Crippen molar-refractivity contribution in [2.45, 2.75) is 65.4 Å². The number of amides is 2. The van der Waals surface area contributed by atoms with Gasteiger partial charge in [0.15, 0.2) is 0 Å². The fraction of sp³-hybridized carbons (Fsp3) is 0.633. The van der Waals surface area contributed by atoms with Crippen LogP contribution >= 0.6 is 0 Å². The van der Waals surface area contributed by atoms with Crippen LogP contribution in [0.25, 0.3) is 5.69 Å². The van der Waals surface area contributed by atoms with Gasteiger partial charge in [-0.25, -0.2) is 9.48 Å². The molecule has 2 fully saturated rings. The smallest absolute Gasteiger partial charge is 0.410 e. The summed E-state index contributed by atoms with van der Waals surface area (Å²) in [5, 5.41) is 7.85. The van der Waals surface area contributed by atoms with E-state index in [0.29, 0.717) is 25.2 Å². The highest BCUT2D eigenvalue weighted by molar-refractivity contribution is 5.95. The highest BCUT2D eigenvalue weighted by Crippen LogP contribution is 2.32. The number of quaternary nitrogens is 2. The molecule has 214 valence electrons. The number of hydrogen-bond acceptors (Lipinski definition) is 4.